The van der Waals surface area contributed by atoms with Gasteiger partial charge in [0, 0.05) is 11.8 Å². The molecule has 31 heavy (non-hydrogen) atoms. The second-order valence-electron chi connectivity index (χ2n) is 6.19. The van der Waals surface area contributed by atoms with Crippen LogP contribution in [0.4, 0.5) is 11.4 Å². The number of rotatable bonds is 6. The van der Waals surface area contributed by atoms with E-state index in [1.807, 2.05) is 0 Å². The average Bonchev–Trinajstić information content (AvgIpc) is 2.77. The van der Waals surface area contributed by atoms with Gasteiger partial charge in [-0.1, -0.05) is 30.3 Å². The Morgan fingerprint density at radius 2 is 2.10 bits per heavy atom. The summed E-state index contributed by atoms with van der Waals surface area (Å²) in [5.74, 6) is 0.653. The van der Waals surface area contributed by atoms with Crippen LogP contribution >= 0.6 is 11.6 Å². The molecular weight excluding hydrogens is 442 g/mol. The molecule has 1 heterocycles. The molecule has 0 fully saturated rings. The van der Waals surface area contributed by atoms with Crippen molar-refractivity contribution in [2.24, 2.45) is 14.6 Å². The lowest BCUT2D eigenvalue weighted by atomic mass is 10.2. The molecule has 0 amide bonds. The topological polar surface area (TPSA) is 122 Å². The van der Waals surface area contributed by atoms with Gasteiger partial charge < -0.3 is 15.4 Å². The van der Waals surface area contributed by atoms with Gasteiger partial charge in [-0.05, 0) is 41.6 Å². The summed E-state index contributed by atoms with van der Waals surface area (Å²) in [6.45, 7) is 3.86. The van der Waals surface area contributed by atoms with Crippen LogP contribution in [0, 0.1) is 4.91 Å². The molecular formula is C20H18ClN5O4S. The highest BCUT2D eigenvalue weighted by molar-refractivity contribution is 7.90. The van der Waals surface area contributed by atoms with Crippen LogP contribution in [-0.4, -0.2) is 33.7 Å². The van der Waals surface area contributed by atoms with Gasteiger partial charge in [0.25, 0.3) is 10.0 Å². The highest BCUT2D eigenvalue weighted by atomic mass is 35.5. The standard InChI is InChI=1S/C20H18ClN5O4S/c1-3-5-14-12-22-19(24-18-11-15(30-2)8-9-17(18)21)20(23-14)26-31(28,29)16-7-4-6-13(10-16)25-27/h3-11H,1,12H2,2H3,(H,22,24)(H,23,26). The van der Waals surface area contributed by atoms with E-state index in [9.17, 15) is 13.3 Å². The highest BCUT2D eigenvalue weighted by Gasteiger charge is 2.22. The first-order valence-electron chi connectivity index (χ1n) is 8.88. The number of ether oxygens (including phenoxy) is 1. The van der Waals surface area contributed by atoms with Crippen LogP contribution in [-0.2, 0) is 10.0 Å². The van der Waals surface area contributed by atoms with Gasteiger partial charge in [-0.15, -0.1) is 9.30 Å². The Morgan fingerprint density at radius 3 is 2.81 bits per heavy atom. The first-order chi connectivity index (χ1) is 14.9. The van der Waals surface area contributed by atoms with Crippen molar-refractivity contribution in [1.82, 2.24) is 5.32 Å². The Morgan fingerprint density at radius 1 is 1.29 bits per heavy atom. The third kappa shape index (κ3) is 5.36. The van der Waals surface area contributed by atoms with Crippen LogP contribution in [0.15, 0.2) is 86.4 Å². The minimum atomic E-state index is -4.18. The molecule has 2 aromatic rings. The van der Waals surface area contributed by atoms with E-state index in [4.69, 9.17) is 16.3 Å². The number of hydrogen-bond acceptors (Lipinski definition) is 7. The van der Waals surface area contributed by atoms with Crippen LogP contribution in [0.2, 0.25) is 5.02 Å². The summed E-state index contributed by atoms with van der Waals surface area (Å²) in [7, 11) is -2.67. The molecule has 0 radical (unpaired) electrons. The van der Waals surface area contributed by atoms with Gasteiger partial charge in [-0.2, -0.15) is 8.42 Å². The van der Waals surface area contributed by atoms with Gasteiger partial charge in [0.15, 0.2) is 11.7 Å². The molecule has 0 atom stereocenters. The van der Waals surface area contributed by atoms with Crippen molar-refractivity contribution in [3.8, 4) is 5.75 Å². The summed E-state index contributed by atoms with van der Waals surface area (Å²) >= 11 is 6.24. The molecule has 0 unspecified atom stereocenters. The molecule has 2 N–H and O–H groups in total. The van der Waals surface area contributed by atoms with Crippen LogP contribution in [0.1, 0.15) is 0 Å². The zero-order chi connectivity index (χ0) is 22.4. The summed E-state index contributed by atoms with van der Waals surface area (Å²) in [5.41, 5.74) is 1.02. The molecule has 9 nitrogen and oxygen atoms in total. The number of halogens is 1. The predicted molar refractivity (Wildman–Crippen MR) is 122 cm³/mol. The molecule has 3 rings (SSSR count). The number of methoxy groups -OCH3 is 1. The van der Waals surface area contributed by atoms with E-state index in [0.717, 1.165) is 6.07 Å². The van der Waals surface area contributed by atoms with Crippen LogP contribution in [0.3, 0.4) is 0 Å². The van der Waals surface area contributed by atoms with E-state index < -0.39 is 10.0 Å². The molecule has 1 aliphatic heterocycles. The van der Waals surface area contributed by atoms with E-state index in [1.165, 1.54) is 25.3 Å². The first kappa shape index (κ1) is 22.2. The van der Waals surface area contributed by atoms with E-state index in [2.05, 4.69) is 31.8 Å². The minimum Gasteiger partial charge on any atom is -0.497 e. The zero-order valence-electron chi connectivity index (χ0n) is 16.4. The van der Waals surface area contributed by atoms with Crippen molar-refractivity contribution in [3.05, 3.63) is 76.8 Å². The van der Waals surface area contributed by atoms with Gasteiger partial charge in [-0.3, -0.25) is 4.99 Å². The number of hydrogen-bond donors (Lipinski definition) is 2. The van der Waals surface area contributed by atoms with Gasteiger partial charge in [0.05, 0.1) is 29.3 Å². The summed E-state index contributed by atoms with van der Waals surface area (Å²) in [5, 5.41) is 9.07. The van der Waals surface area contributed by atoms with Gasteiger partial charge in [0.2, 0.25) is 0 Å². The number of anilines is 1. The maximum Gasteiger partial charge on any atom is 0.284 e. The summed E-state index contributed by atoms with van der Waals surface area (Å²) in [6.07, 6.45) is 3.19. The van der Waals surface area contributed by atoms with E-state index in [1.54, 1.807) is 30.4 Å². The number of sulfonamides is 1. The van der Waals surface area contributed by atoms with Crippen molar-refractivity contribution in [1.29, 1.82) is 0 Å². The Kier molecular flexibility index (Phi) is 6.83. The molecule has 0 aliphatic carbocycles. The molecule has 0 spiro atoms. The van der Waals surface area contributed by atoms with Gasteiger partial charge in [0.1, 0.15) is 11.4 Å². The number of benzene rings is 2. The average molecular weight is 460 g/mol. The second kappa shape index (κ2) is 9.54. The fourth-order valence-electron chi connectivity index (χ4n) is 2.62. The largest absolute Gasteiger partial charge is 0.497 e. The SMILES string of the molecule is C=CC=C1CN=C(Nc2cc(OC)ccc2Cl)C(=NS(=O)(=O)c2cccc(N=O)c2)N1. The normalized spacial score (nSPS) is 16.4. The lowest BCUT2D eigenvalue weighted by Crippen LogP contribution is -2.40. The number of aliphatic imine (C=N–C) groups is 1. The Hall–Kier alpha value is -3.50. The third-order valence-electron chi connectivity index (χ3n) is 4.09. The number of nitroso groups, excluding NO2 is 1. The fourth-order valence-corrected chi connectivity index (χ4v) is 3.78. The maximum atomic E-state index is 12.9. The predicted octanol–water partition coefficient (Wildman–Crippen LogP) is 4.02. The first-order valence-corrected chi connectivity index (χ1v) is 10.7. The Bertz CT molecular complexity index is 1220. The minimum absolute atomic E-state index is 0.0275. The second-order valence-corrected chi connectivity index (χ2v) is 8.20. The Balaban J connectivity index is 2.04. The molecule has 1 aliphatic rings. The lowest BCUT2D eigenvalue weighted by molar-refractivity contribution is 0.415. The van der Waals surface area contributed by atoms with Gasteiger partial charge >= 0.3 is 0 Å². The van der Waals surface area contributed by atoms with Gasteiger partial charge in [-0.25, -0.2) is 0 Å². The lowest BCUT2D eigenvalue weighted by Gasteiger charge is -2.21. The van der Waals surface area contributed by atoms with E-state index >= 15 is 0 Å². The molecule has 0 saturated carbocycles. The molecule has 2 aromatic carbocycles. The van der Waals surface area contributed by atoms with Crippen LogP contribution in [0.5, 0.6) is 5.75 Å². The number of nitrogens with zero attached hydrogens (tertiary/aromatic N) is 3. The van der Waals surface area contributed by atoms with E-state index in [-0.39, 0.29) is 28.8 Å². The molecule has 0 saturated heterocycles. The molecule has 0 aromatic heterocycles. The summed E-state index contributed by atoms with van der Waals surface area (Å²) in [6, 6.07) is 10.2. The quantitative estimate of drug-likeness (QED) is 0.629. The highest BCUT2D eigenvalue weighted by Crippen LogP contribution is 2.27. The number of amidine groups is 2. The Labute approximate surface area is 184 Å². The molecule has 11 heteroatoms. The molecule has 160 valence electrons. The fraction of sp³-hybridized carbons (Fsp3) is 0.100. The maximum absolute atomic E-state index is 12.9. The van der Waals surface area contributed by atoms with Crippen molar-refractivity contribution in [3.63, 3.8) is 0 Å². The van der Waals surface area contributed by atoms with Crippen LogP contribution < -0.4 is 15.4 Å². The third-order valence-corrected chi connectivity index (χ3v) is 5.69. The van der Waals surface area contributed by atoms with Crippen molar-refractivity contribution in [2.75, 3.05) is 19.0 Å². The van der Waals surface area contributed by atoms with Crippen molar-refractivity contribution < 1.29 is 13.2 Å². The zero-order valence-corrected chi connectivity index (χ0v) is 17.9. The van der Waals surface area contributed by atoms with Crippen molar-refractivity contribution >= 4 is 44.7 Å². The van der Waals surface area contributed by atoms with Crippen molar-refractivity contribution in [2.45, 2.75) is 4.90 Å². The summed E-state index contributed by atoms with van der Waals surface area (Å²) in [4.78, 5) is 15.0. The number of allylic oxidation sites excluding steroid dienone is 2. The summed E-state index contributed by atoms with van der Waals surface area (Å²) < 4.78 is 34.8. The number of nitrogens with one attached hydrogen (secondary N) is 2. The molecule has 0 bridgehead atoms. The van der Waals surface area contributed by atoms with Crippen LogP contribution in [0.25, 0.3) is 0 Å². The van der Waals surface area contributed by atoms with E-state index in [0.29, 0.717) is 22.2 Å². The monoisotopic (exact) mass is 459 g/mol. The smallest absolute Gasteiger partial charge is 0.284 e.